The highest BCUT2D eigenvalue weighted by atomic mass is 16.5. The quantitative estimate of drug-likeness (QED) is 0.647. The van der Waals surface area contributed by atoms with Gasteiger partial charge in [0.1, 0.15) is 5.41 Å². The van der Waals surface area contributed by atoms with E-state index in [1.807, 2.05) is 6.07 Å². The van der Waals surface area contributed by atoms with E-state index in [0.717, 1.165) is 0 Å². The largest absolute Gasteiger partial charge is 0.465 e. The summed E-state index contributed by atoms with van der Waals surface area (Å²) in [5.41, 5.74) is 0.201. The Morgan fingerprint density at radius 2 is 1.28 bits per heavy atom. The van der Waals surface area contributed by atoms with Crippen LogP contribution in [0.5, 0.6) is 0 Å². The predicted octanol–water partition coefficient (Wildman–Crippen LogP) is 3.08. The standard InChI is InChI=1S/C19H20N2O4/c1-19(2,17(23)20-14-7-5-4-6-8-14)18(24)21-15-11-9-13(10-12-15)16(22)25-3/h4-12H,1-3H3,(H,20,23)(H,21,24). The fraction of sp³-hybridized carbons (Fsp3) is 0.211. The van der Waals surface area contributed by atoms with E-state index in [2.05, 4.69) is 15.4 Å². The molecule has 0 saturated heterocycles. The molecule has 0 saturated carbocycles. The predicted molar refractivity (Wildman–Crippen MR) is 95.3 cm³/mol. The minimum atomic E-state index is -1.28. The van der Waals surface area contributed by atoms with Crippen LogP contribution in [0.3, 0.4) is 0 Å². The van der Waals surface area contributed by atoms with Gasteiger partial charge in [0.05, 0.1) is 12.7 Å². The van der Waals surface area contributed by atoms with Crippen molar-refractivity contribution in [1.82, 2.24) is 0 Å². The van der Waals surface area contributed by atoms with E-state index < -0.39 is 23.2 Å². The first-order valence-electron chi connectivity index (χ1n) is 7.71. The van der Waals surface area contributed by atoms with Gasteiger partial charge in [-0.3, -0.25) is 9.59 Å². The Balaban J connectivity index is 2.05. The number of anilines is 2. The van der Waals surface area contributed by atoms with Crippen LogP contribution < -0.4 is 10.6 Å². The summed E-state index contributed by atoms with van der Waals surface area (Å²) in [7, 11) is 1.30. The summed E-state index contributed by atoms with van der Waals surface area (Å²) in [5.74, 6) is -1.32. The molecule has 2 aromatic rings. The zero-order valence-electron chi connectivity index (χ0n) is 14.3. The Bertz CT molecular complexity index is 768. The number of methoxy groups -OCH3 is 1. The van der Waals surface area contributed by atoms with E-state index >= 15 is 0 Å². The number of rotatable bonds is 5. The third-order valence-corrected chi connectivity index (χ3v) is 3.73. The Morgan fingerprint density at radius 3 is 1.76 bits per heavy atom. The molecule has 0 atom stereocenters. The molecule has 0 fully saturated rings. The third kappa shape index (κ3) is 4.44. The lowest BCUT2D eigenvalue weighted by molar-refractivity contribution is -0.135. The van der Waals surface area contributed by atoms with Crippen LogP contribution >= 0.6 is 0 Å². The van der Waals surface area contributed by atoms with E-state index in [1.54, 1.807) is 62.4 Å². The Kier molecular flexibility index (Phi) is 5.54. The van der Waals surface area contributed by atoms with Crippen molar-refractivity contribution in [2.24, 2.45) is 5.41 Å². The maximum absolute atomic E-state index is 12.5. The normalized spacial score (nSPS) is 10.7. The van der Waals surface area contributed by atoms with Gasteiger partial charge in [0.25, 0.3) is 0 Å². The second-order valence-corrected chi connectivity index (χ2v) is 5.97. The summed E-state index contributed by atoms with van der Waals surface area (Å²) in [5, 5.41) is 5.40. The molecule has 2 N–H and O–H groups in total. The summed E-state index contributed by atoms with van der Waals surface area (Å²) in [6.07, 6.45) is 0. The summed E-state index contributed by atoms with van der Waals surface area (Å²) in [4.78, 5) is 36.3. The number of carbonyl (C=O) groups excluding carboxylic acids is 3. The van der Waals surface area contributed by atoms with Crippen LogP contribution in [-0.4, -0.2) is 24.9 Å². The number of hydrogen-bond acceptors (Lipinski definition) is 4. The Morgan fingerprint density at radius 1 is 0.800 bits per heavy atom. The molecule has 0 aliphatic carbocycles. The van der Waals surface area contributed by atoms with Crippen LogP contribution in [0.15, 0.2) is 54.6 Å². The van der Waals surface area contributed by atoms with Gasteiger partial charge < -0.3 is 15.4 Å². The van der Waals surface area contributed by atoms with Crippen LogP contribution in [0, 0.1) is 5.41 Å². The second kappa shape index (κ2) is 7.61. The topological polar surface area (TPSA) is 84.5 Å². The summed E-state index contributed by atoms with van der Waals surface area (Å²) in [6.45, 7) is 3.09. The average Bonchev–Trinajstić information content (AvgIpc) is 2.62. The van der Waals surface area contributed by atoms with E-state index in [0.29, 0.717) is 16.9 Å². The number of nitrogens with one attached hydrogen (secondary N) is 2. The van der Waals surface area contributed by atoms with Crippen LogP contribution in [0.4, 0.5) is 11.4 Å². The van der Waals surface area contributed by atoms with Crippen molar-refractivity contribution in [3.05, 3.63) is 60.2 Å². The number of esters is 1. The van der Waals surface area contributed by atoms with Crippen molar-refractivity contribution in [3.63, 3.8) is 0 Å². The molecular formula is C19H20N2O4. The molecule has 2 amide bonds. The first kappa shape index (κ1) is 18.2. The average molecular weight is 340 g/mol. The molecule has 6 nitrogen and oxygen atoms in total. The first-order chi connectivity index (χ1) is 11.8. The maximum atomic E-state index is 12.5. The molecular weight excluding hydrogens is 320 g/mol. The van der Waals surface area contributed by atoms with Gasteiger partial charge in [0, 0.05) is 11.4 Å². The van der Waals surface area contributed by atoms with Gasteiger partial charge in [-0.25, -0.2) is 4.79 Å². The SMILES string of the molecule is COC(=O)c1ccc(NC(=O)C(C)(C)C(=O)Nc2ccccc2)cc1. The Hall–Kier alpha value is -3.15. The van der Waals surface area contributed by atoms with Crippen LogP contribution in [0.1, 0.15) is 24.2 Å². The lowest BCUT2D eigenvalue weighted by Gasteiger charge is -2.22. The molecule has 0 unspecified atom stereocenters. The number of ether oxygens (including phenoxy) is 1. The molecule has 0 aliphatic heterocycles. The van der Waals surface area contributed by atoms with E-state index in [-0.39, 0.29) is 0 Å². The highest BCUT2D eigenvalue weighted by molar-refractivity contribution is 6.14. The van der Waals surface area contributed by atoms with Crippen molar-refractivity contribution in [2.75, 3.05) is 17.7 Å². The molecule has 0 aliphatic rings. The number of para-hydroxylation sites is 1. The van der Waals surface area contributed by atoms with Crippen LogP contribution in [-0.2, 0) is 14.3 Å². The smallest absolute Gasteiger partial charge is 0.337 e. The fourth-order valence-corrected chi connectivity index (χ4v) is 2.01. The number of hydrogen-bond donors (Lipinski definition) is 2. The molecule has 0 heterocycles. The van der Waals surface area contributed by atoms with Gasteiger partial charge in [-0.2, -0.15) is 0 Å². The number of carbonyl (C=O) groups is 3. The van der Waals surface area contributed by atoms with Crippen LogP contribution in [0.2, 0.25) is 0 Å². The molecule has 0 aromatic heterocycles. The fourth-order valence-electron chi connectivity index (χ4n) is 2.01. The van der Waals surface area contributed by atoms with Gasteiger partial charge in [-0.15, -0.1) is 0 Å². The summed E-state index contributed by atoms with van der Waals surface area (Å²) < 4.78 is 4.62. The van der Waals surface area contributed by atoms with E-state index in [9.17, 15) is 14.4 Å². The molecule has 130 valence electrons. The lowest BCUT2D eigenvalue weighted by Crippen LogP contribution is -2.41. The van der Waals surface area contributed by atoms with E-state index in [1.165, 1.54) is 7.11 Å². The molecule has 0 bridgehead atoms. The molecule has 0 radical (unpaired) electrons. The van der Waals surface area contributed by atoms with Crippen molar-refractivity contribution in [1.29, 1.82) is 0 Å². The molecule has 2 rings (SSSR count). The molecule has 2 aromatic carbocycles. The summed E-state index contributed by atoms with van der Waals surface area (Å²) >= 11 is 0. The zero-order chi connectivity index (χ0) is 18.4. The van der Waals surface area contributed by atoms with Gasteiger partial charge in [0.15, 0.2) is 0 Å². The van der Waals surface area contributed by atoms with Gasteiger partial charge in [-0.05, 0) is 50.2 Å². The van der Waals surface area contributed by atoms with Crippen molar-refractivity contribution >= 4 is 29.2 Å². The third-order valence-electron chi connectivity index (χ3n) is 3.73. The zero-order valence-corrected chi connectivity index (χ0v) is 14.3. The van der Waals surface area contributed by atoms with Gasteiger partial charge >= 0.3 is 5.97 Å². The molecule has 25 heavy (non-hydrogen) atoms. The minimum absolute atomic E-state index is 0.376. The highest BCUT2D eigenvalue weighted by Gasteiger charge is 2.36. The summed E-state index contributed by atoms with van der Waals surface area (Å²) in [6, 6.07) is 15.2. The van der Waals surface area contributed by atoms with Gasteiger partial charge in [0.2, 0.25) is 11.8 Å². The minimum Gasteiger partial charge on any atom is -0.465 e. The van der Waals surface area contributed by atoms with Crippen molar-refractivity contribution < 1.29 is 19.1 Å². The molecule has 6 heteroatoms. The monoisotopic (exact) mass is 340 g/mol. The molecule has 0 spiro atoms. The van der Waals surface area contributed by atoms with Crippen molar-refractivity contribution in [2.45, 2.75) is 13.8 Å². The van der Waals surface area contributed by atoms with E-state index in [4.69, 9.17) is 0 Å². The lowest BCUT2D eigenvalue weighted by atomic mass is 9.90. The highest BCUT2D eigenvalue weighted by Crippen LogP contribution is 2.22. The Labute approximate surface area is 146 Å². The maximum Gasteiger partial charge on any atom is 0.337 e. The van der Waals surface area contributed by atoms with Gasteiger partial charge in [-0.1, -0.05) is 18.2 Å². The number of amides is 2. The number of benzene rings is 2. The van der Waals surface area contributed by atoms with Crippen LogP contribution in [0.25, 0.3) is 0 Å². The first-order valence-corrected chi connectivity index (χ1v) is 7.71. The second-order valence-electron chi connectivity index (χ2n) is 5.97. The van der Waals surface area contributed by atoms with Crippen molar-refractivity contribution in [3.8, 4) is 0 Å².